The minimum atomic E-state index is -1.33. The van der Waals surface area contributed by atoms with Gasteiger partial charge >= 0.3 is 0 Å². The summed E-state index contributed by atoms with van der Waals surface area (Å²) >= 11 is 0. The highest BCUT2D eigenvalue weighted by Gasteiger charge is 2.23. The van der Waals surface area contributed by atoms with Gasteiger partial charge in [0.2, 0.25) is 0 Å². The van der Waals surface area contributed by atoms with Crippen molar-refractivity contribution >= 4 is 0 Å². The summed E-state index contributed by atoms with van der Waals surface area (Å²) in [6.07, 6.45) is 1.66. The van der Waals surface area contributed by atoms with Gasteiger partial charge in [0.05, 0.1) is 6.10 Å². The van der Waals surface area contributed by atoms with Gasteiger partial charge < -0.3 is 10.2 Å². The van der Waals surface area contributed by atoms with Crippen LogP contribution in [0, 0.1) is 0 Å². The van der Waals surface area contributed by atoms with Crippen molar-refractivity contribution in [2.75, 3.05) is 0 Å². The molecule has 0 aromatic heterocycles. The van der Waals surface area contributed by atoms with Crippen molar-refractivity contribution in [1.82, 2.24) is 0 Å². The maximum atomic E-state index is 9.22. The number of rotatable bonds is 3. The summed E-state index contributed by atoms with van der Waals surface area (Å²) in [4.78, 5) is 0. The Hall–Kier alpha value is -0.600. The van der Waals surface area contributed by atoms with Crippen LogP contribution in [0.5, 0.6) is 0 Å². The molecule has 0 unspecified atom stereocenters. The Balaban J connectivity index is 4.26. The van der Waals surface area contributed by atoms with Gasteiger partial charge in [-0.3, -0.25) is 0 Å². The van der Waals surface area contributed by atoms with Gasteiger partial charge in [-0.15, -0.1) is 0 Å². The molecule has 0 saturated carbocycles. The quantitative estimate of drug-likeness (QED) is 0.542. The second-order valence-electron chi connectivity index (χ2n) is 1.97. The van der Waals surface area contributed by atoms with Crippen molar-refractivity contribution in [3.05, 3.63) is 25.3 Å². The lowest BCUT2D eigenvalue weighted by molar-refractivity contribution is 0.00670. The van der Waals surface area contributed by atoms with Crippen LogP contribution in [-0.4, -0.2) is 21.9 Å². The largest absolute Gasteiger partial charge is 0.390 e. The standard InChI is InChI=1S/C7H12O2/c1-4-7(9,5-2)6(3)8/h4-6,8-9H,1-2H2,3H3/t6-/m0/s1. The van der Waals surface area contributed by atoms with E-state index in [0.29, 0.717) is 0 Å². The van der Waals surface area contributed by atoms with E-state index in [1.165, 1.54) is 19.1 Å². The van der Waals surface area contributed by atoms with Crippen LogP contribution in [0.4, 0.5) is 0 Å². The fourth-order valence-electron chi connectivity index (χ4n) is 0.424. The predicted octanol–water partition coefficient (Wildman–Crippen LogP) is 0.470. The van der Waals surface area contributed by atoms with Crippen LogP contribution in [-0.2, 0) is 0 Å². The summed E-state index contributed by atoms with van der Waals surface area (Å²) in [7, 11) is 0. The zero-order chi connectivity index (χ0) is 7.49. The van der Waals surface area contributed by atoms with Gasteiger partial charge in [-0.25, -0.2) is 0 Å². The lowest BCUT2D eigenvalue weighted by atomic mass is 9.99. The molecule has 1 atom stereocenters. The molecule has 0 aromatic rings. The molecule has 0 aliphatic carbocycles. The molecule has 52 valence electrons. The van der Waals surface area contributed by atoms with Gasteiger partial charge in [-0.2, -0.15) is 0 Å². The molecule has 0 heterocycles. The first kappa shape index (κ1) is 8.40. The van der Waals surface area contributed by atoms with E-state index in [4.69, 9.17) is 5.11 Å². The molecule has 0 aromatic carbocycles. The molecule has 0 bridgehead atoms. The Bertz CT molecular complexity index is 108. The molecule has 2 nitrogen and oxygen atoms in total. The van der Waals surface area contributed by atoms with Crippen LogP contribution in [0.25, 0.3) is 0 Å². The molecule has 0 amide bonds. The topological polar surface area (TPSA) is 40.5 Å². The molecule has 0 saturated heterocycles. The molecule has 0 aliphatic heterocycles. The lowest BCUT2D eigenvalue weighted by Crippen LogP contribution is -2.35. The average molecular weight is 128 g/mol. The minimum absolute atomic E-state index is 0.854. The summed E-state index contributed by atoms with van der Waals surface area (Å²) in [6.45, 7) is 8.16. The fourth-order valence-corrected chi connectivity index (χ4v) is 0.424. The highest BCUT2D eigenvalue weighted by Crippen LogP contribution is 2.11. The van der Waals surface area contributed by atoms with E-state index in [0.717, 1.165) is 0 Å². The monoisotopic (exact) mass is 128 g/mol. The normalized spacial score (nSPS) is 14.6. The Kier molecular flexibility index (Phi) is 2.62. The number of hydrogen-bond acceptors (Lipinski definition) is 2. The molecular weight excluding hydrogens is 116 g/mol. The Labute approximate surface area is 55.1 Å². The van der Waals surface area contributed by atoms with E-state index < -0.39 is 11.7 Å². The average Bonchev–Trinajstić information content (AvgIpc) is 1.86. The molecule has 0 fully saturated rings. The molecule has 0 radical (unpaired) electrons. The van der Waals surface area contributed by atoms with Gasteiger partial charge in [-0.05, 0) is 6.92 Å². The highest BCUT2D eigenvalue weighted by molar-refractivity contribution is 5.11. The highest BCUT2D eigenvalue weighted by atomic mass is 16.3. The molecule has 0 rings (SSSR count). The van der Waals surface area contributed by atoms with Gasteiger partial charge in [0, 0.05) is 0 Å². The van der Waals surface area contributed by atoms with Gasteiger partial charge in [0.25, 0.3) is 0 Å². The van der Waals surface area contributed by atoms with Crippen LogP contribution < -0.4 is 0 Å². The molecule has 2 heteroatoms. The maximum Gasteiger partial charge on any atom is 0.126 e. The second kappa shape index (κ2) is 2.80. The summed E-state index contributed by atoms with van der Waals surface area (Å²) in [5.41, 5.74) is -1.33. The second-order valence-corrected chi connectivity index (χ2v) is 1.97. The van der Waals surface area contributed by atoms with Crippen LogP contribution in [0.15, 0.2) is 25.3 Å². The van der Waals surface area contributed by atoms with Crippen molar-refractivity contribution < 1.29 is 10.2 Å². The van der Waals surface area contributed by atoms with Crippen LogP contribution in [0.1, 0.15) is 6.92 Å². The van der Waals surface area contributed by atoms with Crippen molar-refractivity contribution in [2.24, 2.45) is 0 Å². The van der Waals surface area contributed by atoms with Crippen LogP contribution >= 0.6 is 0 Å². The molecule has 9 heavy (non-hydrogen) atoms. The number of aliphatic hydroxyl groups excluding tert-OH is 1. The minimum Gasteiger partial charge on any atom is -0.390 e. The van der Waals surface area contributed by atoms with E-state index in [9.17, 15) is 5.11 Å². The van der Waals surface area contributed by atoms with Crippen molar-refractivity contribution in [2.45, 2.75) is 18.6 Å². The van der Waals surface area contributed by atoms with Gasteiger partial charge in [0.1, 0.15) is 5.60 Å². The first-order chi connectivity index (χ1) is 4.06. The van der Waals surface area contributed by atoms with Crippen molar-refractivity contribution in [3.63, 3.8) is 0 Å². The van der Waals surface area contributed by atoms with Gasteiger partial charge in [-0.1, -0.05) is 25.3 Å². The molecule has 0 spiro atoms. The third kappa shape index (κ3) is 1.66. The zero-order valence-electron chi connectivity index (χ0n) is 5.54. The zero-order valence-corrected chi connectivity index (χ0v) is 5.54. The first-order valence-corrected chi connectivity index (χ1v) is 2.74. The van der Waals surface area contributed by atoms with E-state index in [2.05, 4.69) is 13.2 Å². The molecular formula is C7H12O2. The first-order valence-electron chi connectivity index (χ1n) is 2.74. The predicted molar refractivity (Wildman–Crippen MR) is 37.0 cm³/mol. The Morgan fingerprint density at radius 1 is 1.44 bits per heavy atom. The third-order valence-corrected chi connectivity index (χ3v) is 1.32. The Morgan fingerprint density at radius 2 is 1.78 bits per heavy atom. The molecule has 2 N–H and O–H groups in total. The maximum absolute atomic E-state index is 9.22. The van der Waals surface area contributed by atoms with Crippen molar-refractivity contribution in [1.29, 1.82) is 0 Å². The SMILES string of the molecule is C=CC(O)(C=C)[C@H](C)O. The summed E-state index contributed by atoms with van der Waals surface area (Å²) in [6, 6.07) is 0. The third-order valence-electron chi connectivity index (χ3n) is 1.32. The van der Waals surface area contributed by atoms with E-state index in [-0.39, 0.29) is 0 Å². The fraction of sp³-hybridized carbons (Fsp3) is 0.429. The number of hydrogen-bond donors (Lipinski definition) is 2. The van der Waals surface area contributed by atoms with Crippen LogP contribution in [0.2, 0.25) is 0 Å². The van der Waals surface area contributed by atoms with Crippen molar-refractivity contribution in [3.8, 4) is 0 Å². The van der Waals surface area contributed by atoms with Gasteiger partial charge in [0.15, 0.2) is 0 Å². The van der Waals surface area contributed by atoms with E-state index in [1.54, 1.807) is 0 Å². The Morgan fingerprint density at radius 3 is 1.78 bits per heavy atom. The summed E-state index contributed by atoms with van der Waals surface area (Å²) < 4.78 is 0. The van der Waals surface area contributed by atoms with E-state index >= 15 is 0 Å². The summed E-state index contributed by atoms with van der Waals surface area (Å²) in [5, 5.41) is 18.1. The van der Waals surface area contributed by atoms with Crippen LogP contribution in [0.3, 0.4) is 0 Å². The lowest BCUT2D eigenvalue weighted by Gasteiger charge is -2.22. The number of aliphatic hydroxyl groups is 2. The smallest absolute Gasteiger partial charge is 0.126 e. The summed E-state index contributed by atoms with van der Waals surface area (Å²) in [5.74, 6) is 0. The molecule has 0 aliphatic rings. The van der Waals surface area contributed by atoms with E-state index in [1.807, 2.05) is 0 Å².